The van der Waals surface area contributed by atoms with Crippen LogP contribution in [0.15, 0.2) is 64.1 Å². The van der Waals surface area contributed by atoms with E-state index in [0.29, 0.717) is 35.7 Å². The third-order valence-electron chi connectivity index (χ3n) is 3.72. The summed E-state index contributed by atoms with van der Waals surface area (Å²) in [5.41, 5.74) is 7.95. The van der Waals surface area contributed by atoms with Gasteiger partial charge in [-0.1, -0.05) is 59.2 Å². The summed E-state index contributed by atoms with van der Waals surface area (Å²) >= 11 is 5.98. The van der Waals surface area contributed by atoms with Crippen LogP contribution in [0.3, 0.4) is 0 Å². The largest absolute Gasteiger partial charge is 0.370 e. The quantitative estimate of drug-likeness (QED) is 0.295. The Morgan fingerprint density at radius 1 is 1.11 bits per heavy atom. The zero-order valence-corrected chi connectivity index (χ0v) is 17.7. The molecule has 0 aliphatic rings. The second-order valence-electron chi connectivity index (χ2n) is 5.70. The molecule has 0 saturated carbocycles. The molecule has 0 spiro atoms. The fourth-order valence-electron chi connectivity index (χ4n) is 2.41. The second-order valence-corrected chi connectivity index (χ2v) is 6.14. The summed E-state index contributed by atoms with van der Waals surface area (Å²) in [5.74, 6) is 1.44. The highest BCUT2D eigenvalue weighted by atomic mass is 127. The summed E-state index contributed by atoms with van der Waals surface area (Å²) in [4.78, 5) is 8.63. The lowest BCUT2D eigenvalue weighted by Gasteiger charge is -2.05. The highest BCUT2D eigenvalue weighted by molar-refractivity contribution is 14.0. The van der Waals surface area contributed by atoms with Crippen molar-refractivity contribution in [2.45, 2.75) is 12.8 Å². The van der Waals surface area contributed by atoms with Crippen molar-refractivity contribution in [2.24, 2.45) is 10.7 Å². The van der Waals surface area contributed by atoms with Crippen molar-refractivity contribution < 1.29 is 4.52 Å². The Morgan fingerprint density at radius 3 is 2.70 bits per heavy atom. The third-order valence-corrected chi connectivity index (χ3v) is 3.96. The van der Waals surface area contributed by atoms with E-state index in [0.717, 1.165) is 18.5 Å². The highest BCUT2D eigenvalue weighted by Crippen LogP contribution is 2.19. The van der Waals surface area contributed by atoms with Gasteiger partial charge in [-0.2, -0.15) is 4.98 Å². The Balaban J connectivity index is 0.00000261. The summed E-state index contributed by atoms with van der Waals surface area (Å²) in [6.45, 7) is 1.21. The Bertz CT molecular complexity index is 869. The maximum absolute atomic E-state index is 5.98. The maximum Gasteiger partial charge on any atom is 0.228 e. The molecule has 0 unspecified atom stereocenters. The van der Waals surface area contributed by atoms with E-state index in [1.807, 2.05) is 30.3 Å². The lowest BCUT2D eigenvalue weighted by molar-refractivity contribution is 0.380. The molecule has 0 fully saturated rings. The molecule has 0 amide bonds. The van der Waals surface area contributed by atoms with E-state index in [1.165, 1.54) is 5.56 Å². The Hall–Kier alpha value is -2.13. The van der Waals surface area contributed by atoms with Crippen LogP contribution in [0.2, 0.25) is 5.02 Å². The van der Waals surface area contributed by atoms with Gasteiger partial charge in [-0.05, 0) is 24.1 Å². The van der Waals surface area contributed by atoms with Gasteiger partial charge >= 0.3 is 0 Å². The van der Waals surface area contributed by atoms with Gasteiger partial charge in [0.15, 0.2) is 5.96 Å². The summed E-state index contributed by atoms with van der Waals surface area (Å²) in [5, 5.41) is 7.70. The first-order valence-corrected chi connectivity index (χ1v) is 8.75. The zero-order valence-electron chi connectivity index (χ0n) is 14.6. The first-order chi connectivity index (χ1) is 12.7. The number of aromatic nitrogens is 2. The molecular weight excluding hydrogens is 477 g/mol. The van der Waals surface area contributed by atoms with Crippen LogP contribution < -0.4 is 11.1 Å². The number of aliphatic imine (C=N–C) groups is 1. The number of guanidine groups is 1. The molecule has 6 nitrogen and oxygen atoms in total. The van der Waals surface area contributed by atoms with Gasteiger partial charge in [-0.3, -0.25) is 4.99 Å². The molecule has 3 aromatic rings. The van der Waals surface area contributed by atoms with Crippen LogP contribution in [0.1, 0.15) is 11.5 Å². The molecular formula is C19H21ClIN5O. The van der Waals surface area contributed by atoms with Gasteiger partial charge in [0.2, 0.25) is 11.7 Å². The highest BCUT2D eigenvalue weighted by Gasteiger charge is 2.08. The van der Waals surface area contributed by atoms with E-state index in [1.54, 1.807) is 12.1 Å². The minimum absolute atomic E-state index is 0. The molecule has 8 heteroatoms. The van der Waals surface area contributed by atoms with Crippen molar-refractivity contribution in [2.75, 3.05) is 13.1 Å². The number of nitrogens with zero attached hydrogens (tertiary/aromatic N) is 3. The fraction of sp³-hybridized carbons (Fsp3) is 0.211. The van der Waals surface area contributed by atoms with Crippen LogP contribution >= 0.6 is 35.6 Å². The Kier molecular flexibility index (Phi) is 8.53. The molecule has 0 aliphatic carbocycles. The van der Waals surface area contributed by atoms with E-state index < -0.39 is 0 Å². The molecule has 1 heterocycles. The first kappa shape index (κ1) is 21.2. The number of halogens is 2. The smallest absolute Gasteiger partial charge is 0.228 e. The van der Waals surface area contributed by atoms with Crippen LogP contribution in [-0.2, 0) is 12.8 Å². The molecule has 0 bridgehead atoms. The standard InChI is InChI=1S/C19H20ClN5O.HI/c20-16-8-4-7-15(13-16)18-24-17(26-25-18)10-12-23-19(21)22-11-9-14-5-2-1-3-6-14;/h1-8,13H,9-12H2,(H3,21,22,23);1H. The van der Waals surface area contributed by atoms with Gasteiger partial charge in [0.25, 0.3) is 0 Å². The lowest BCUT2D eigenvalue weighted by Crippen LogP contribution is -2.33. The van der Waals surface area contributed by atoms with Gasteiger partial charge in [-0.15, -0.1) is 24.0 Å². The molecule has 0 radical (unpaired) electrons. The average molecular weight is 498 g/mol. The molecule has 142 valence electrons. The average Bonchev–Trinajstić information content (AvgIpc) is 3.12. The molecule has 0 aliphatic heterocycles. The predicted octanol–water partition coefficient (Wildman–Crippen LogP) is 3.70. The van der Waals surface area contributed by atoms with E-state index in [2.05, 4.69) is 32.6 Å². The lowest BCUT2D eigenvalue weighted by atomic mass is 10.1. The topological polar surface area (TPSA) is 89.3 Å². The number of rotatable bonds is 7. The number of nitrogens with one attached hydrogen (secondary N) is 1. The van der Waals surface area contributed by atoms with Crippen molar-refractivity contribution in [3.63, 3.8) is 0 Å². The van der Waals surface area contributed by atoms with E-state index in [9.17, 15) is 0 Å². The van der Waals surface area contributed by atoms with Crippen molar-refractivity contribution in [3.05, 3.63) is 71.1 Å². The Labute approximate surface area is 180 Å². The number of hydrogen-bond acceptors (Lipinski definition) is 4. The normalized spacial score (nSPS) is 11.1. The number of benzene rings is 2. The molecule has 3 N–H and O–H groups in total. The number of hydrogen-bond donors (Lipinski definition) is 2. The summed E-state index contributed by atoms with van der Waals surface area (Å²) < 4.78 is 5.25. The minimum atomic E-state index is 0. The third kappa shape index (κ3) is 6.84. The van der Waals surface area contributed by atoms with Gasteiger partial charge < -0.3 is 15.6 Å². The van der Waals surface area contributed by atoms with Gasteiger partial charge in [0.1, 0.15) is 0 Å². The molecule has 2 aromatic carbocycles. The molecule has 3 rings (SSSR count). The monoisotopic (exact) mass is 497 g/mol. The van der Waals surface area contributed by atoms with E-state index in [-0.39, 0.29) is 24.0 Å². The maximum atomic E-state index is 5.98. The van der Waals surface area contributed by atoms with Crippen LogP contribution in [0, 0.1) is 0 Å². The zero-order chi connectivity index (χ0) is 18.2. The van der Waals surface area contributed by atoms with Crippen LogP contribution in [0.5, 0.6) is 0 Å². The second kappa shape index (κ2) is 10.9. The van der Waals surface area contributed by atoms with Crippen molar-refractivity contribution in [1.29, 1.82) is 0 Å². The minimum Gasteiger partial charge on any atom is -0.370 e. The van der Waals surface area contributed by atoms with Crippen LogP contribution in [0.4, 0.5) is 0 Å². The predicted molar refractivity (Wildman–Crippen MR) is 119 cm³/mol. The molecule has 1 aromatic heterocycles. The van der Waals surface area contributed by atoms with Crippen LogP contribution in [0.25, 0.3) is 11.4 Å². The fourth-order valence-corrected chi connectivity index (χ4v) is 2.60. The van der Waals surface area contributed by atoms with Gasteiger partial charge in [0.05, 0.1) is 6.54 Å². The SMILES string of the molecule is I.NC(=NCCc1nc(-c2cccc(Cl)c2)no1)NCCc1ccccc1. The Morgan fingerprint density at radius 2 is 1.93 bits per heavy atom. The molecule has 0 atom stereocenters. The first-order valence-electron chi connectivity index (χ1n) is 8.37. The number of nitrogens with two attached hydrogens (primary N) is 1. The van der Waals surface area contributed by atoms with Gasteiger partial charge in [0, 0.05) is 23.6 Å². The van der Waals surface area contributed by atoms with Crippen LogP contribution in [-0.4, -0.2) is 29.2 Å². The van der Waals surface area contributed by atoms with Crippen molar-refractivity contribution in [3.8, 4) is 11.4 Å². The van der Waals surface area contributed by atoms with Crippen molar-refractivity contribution >= 4 is 41.5 Å². The van der Waals surface area contributed by atoms with E-state index >= 15 is 0 Å². The summed E-state index contributed by atoms with van der Waals surface area (Å²) in [6, 6.07) is 17.5. The molecule has 27 heavy (non-hydrogen) atoms. The van der Waals surface area contributed by atoms with E-state index in [4.69, 9.17) is 21.9 Å². The summed E-state index contributed by atoms with van der Waals surface area (Å²) in [7, 11) is 0. The summed E-state index contributed by atoms with van der Waals surface area (Å²) in [6.07, 6.45) is 1.42. The van der Waals surface area contributed by atoms with Gasteiger partial charge in [-0.25, -0.2) is 0 Å². The van der Waals surface area contributed by atoms with Crippen molar-refractivity contribution in [1.82, 2.24) is 15.5 Å². The molecule has 0 saturated heterocycles.